The second-order valence-electron chi connectivity index (χ2n) is 6.43. The van der Waals surface area contributed by atoms with E-state index in [1.54, 1.807) is 7.11 Å². The lowest BCUT2D eigenvalue weighted by molar-refractivity contribution is 0.0316. The molecule has 2 rings (SSSR count). The molecule has 0 bridgehead atoms. The molecule has 1 aromatic rings. The number of ether oxygens (including phenoxy) is 2. The van der Waals surface area contributed by atoms with E-state index in [1.165, 1.54) is 18.4 Å². The topological polar surface area (TPSA) is 41.9 Å². The summed E-state index contributed by atoms with van der Waals surface area (Å²) in [7, 11) is 1.67. The van der Waals surface area contributed by atoms with Gasteiger partial charge in [-0.25, -0.2) is 0 Å². The van der Waals surface area contributed by atoms with Gasteiger partial charge in [-0.1, -0.05) is 12.5 Å². The molecule has 1 aromatic carbocycles. The number of aliphatic hydroxyl groups excluding tert-OH is 1. The second-order valence-corrected chi connectivity index (χ2v) is 6.43. The van der Waals surface area contributed by atoms with Gasteiger partial charge in [0.15, 0.2) is 11.5 Å². The molecule has 0 aromatic heterocycles. The van der Waals surface area contributed by atoms with Crippen LogP contribution in [0.3, 0.4) is 0 Å². The minimum atomic E-state index is -0.286. The van der Waals surface area contributed by atoms with Gasteiger partial charge < -0.3 is 14.6 Å². The largest absolute Gasteiger partial charge is 0.493 e. The number of piperidine rings is 1. The first-order valence-electron chi connectivity index (χ1n) is 8.27. The van der Waals surface area contributed by atoms with E-state index in [4.69, 9.17) is 9.47 Å². The Kier molecular flexibility index (Phi) is 6.09. The van der Waals surface area contributed by atoms with Crippen molar-refractivity contribution in [3.8, 4) is 11.5 Å². The molecule has 1 heterocycles. The van der Waals surface area contributed by atoms with E-state index in [0.29, 0.717) is 0 Å². The first-order valence-corrected chi connectivity index (χ1v) is 8.27. The third kappa shape index (κ3) is 4.37. The number of hydrogen-bond donors (Lipinski definition) is 1. The number of likely N-dealkylation sites (tertiary alicyclic amines) is 1. The van der Waals surface area contributed by atoms with Crippen molar-refractivity contribution in [3.63, 3.8) is 0 Å². The van der Waals surface area contributed by atoms with Crippen LogP contribution in [-0.2, 0) is 6.54 Å². The summed E-state index contributed by atoms with van der Waals surface area (Å²) in [6.07, 6.45) is 3.32. The lowest BCUT2D eigenvalue weighted by Gasteiger charge is -2.37. The van der Waals surface area contributed by atoms with Gasteiger partial charge in [0.05, 0.1) is 19.3 Å². The van der Waals surface area contributed by atoms with Crippen molar-refractivity contribution in [2.45, 2.75) is 64.8 Å². The first-order chi connectivity index (χ1) is 10.5. The quantitative estimate of drug-likeness (QED) is 0.876. The van der Waals surface area contributed by atoms with Crippen LogP contribution in [0.2, 0.25) is 0 Å². The molecule has 1 N–H and O–H groups in total. The zero-order valence-corrected chi connectivity index (χ0v) is 14.2. The van der Waals surface area contributed by atoms with Crippen molar-refractivity contribution in [1.82, 2.24) is 4.90 Å². The number of aliphatic hydroxyl groups is 1. The molecular formula is C18H29NO3. The van der Waals surface area contributed by atoms with Gasteiger partial charge in [0, 0.05) is 12.6 Å². The van der Waals surface area contributed by atoms with Gasteiger partial charge in [0.1, 0.15) is 0 Å². The van der Waals surface area contributed by atoms with E-state index >= 15 is 0 Å². The van der Waals surface area contributed by atoms with Crippen LogP contribution >= 0.6 is 0 Å². The van der Waals surface area contributed by atoms with E-state index in [9.17, 15) is 5.11 Å². The standard InChI is InChI=1S/C18H29NO3/c1-13(2)22-17-9-8-15(11-18(17)21-4)12-19-10-6-5-7-16(19)14(3)20/h8-9,11,13-14,16,20H,5-7,10,12H2,1-4H3. The highest BCUT2D eigenvalue weighted by Crippen LogP contribution is 2.30. The van der Waals surface area contributed by atoms with Crippen molar-refractivity contribution < 1.29 is 14.6 Å². The lowest BCUT2D eigenvalue weighted by atomic mass is 9.97. The summed E-state index contributed by atoms with van der Waals surface area (Å²) in [6, 6.07) is 6.38. The predicted molar refractivity (Wildman–Crippen MR) is 88.5 cm³/mol. The molecule has 0 spiro atoms. The Bertz CT molecular complexity index is 473. The molecule has 1 saturated heterocycles. The van der Waals surface area contributed by atoms with Crippen LogP contribution in [0, 0.1) is 0 Å². The Morgan fingerprint density at radius 1 is 1.23 bits per heavy atom. The van der Waals surface area contributed by atoms with Gasteiger partial charge in [-0.15, -0.1) is 0 Å². The number of methoxy groups -OCH3 is 1. The van der Waals surface area contributed by atoms with Crippen LogP contribution in [0.15, 0.2) is 18.2 Å². The molecular weight excluding hydrogens is 278 g/mol. The van der Waals surface area contributed by atoms with E-state index in [0.717, 1.165) is 31.0 Å². The Morgan fingerprint density at radius 3 is 2.64 bits per heavy atom. The maximum absolute atomic E-state index is 9.98. The summed E-state index contributed by atoms with van der Waals surface area (Å²) < 4.78 is 11.2. The van der Waals surface area contributed by atoms with Crippen molar-refractivity contribution in [2.24, 2.45) is 0 Å². The maximum Gasteiger partial charge on any atom is 0.161 e. The summed E-state index contributed by atoms with van der Waals surface area (Å²) in [4.78, 5) is 2.38. The van der Waals surface area contributed by atoms with Crippen LogP contribution in [0.25, 0.3) is 0 Å². The van der Waals surface area contributed by atoms with Crippen molar-refractivity contribution in [2.75, 3.05) is 13.7 Å². The minimum Gasteiger partial charge on any atom is -0.493 e. The fourth-order valence-corrected chi connectivity index (χ4v) is 3.16. The zero-order valence-electron chi connectivity index (χ0n) is 14.2. The van der Waals surface area contributed by atoms with Gasteiger partial charge in [0.2, 0.25) is 0 Å². The summed E-state index contributed by atoms with van der Waals surface area (Å²) in [5.41, 5.74) is 1.19. The fourth-order valence-electron chi connectivity index (χ4n) is 3.16. The van der Waals surface area contributed by atoms with Gasteiger partial charge in [0.25, 0.3) is 0 Å². The Morgan fingerprint density at radius 2 is 2.00 bits per heavy atom. The summed E-state index contributed by atoms with van der Waals surface area (Å²) in [5, 5.41) is 9.98. The summed E-state index contributed by atoms with van der Waals surface area (Å²) in [5.74, 6) is 1.56. The van der Waals surface area contributed by atoms with Crippen LogP contribution in [0.5, 0.6) is 11.5 Å². The number of rotatable bonds is 6. The predicted octanol–water partition coefficient (Wildman–Crippen LogP) is 3.22. The second kappa shape index (κ2) is 7.84. The molecule has 1 aliphatic rings. The molecule has 0 amide bonds. The molecule has 2 unspecified atom stereocenters. The third-order valence-corrected chi connectivity index (χ3v) is 4.20. The Balaban J connectivity index is 2.11. The molecule has 2 atom stereocenters. The molecule has 22 heavy (non-hydrogen) atoms. The molecule has 124 valence electrons. The summed E-state index contributed by atoms with van der Waals surface area (Å²) >= 11 is 0. The Labute approximate surface area is 134 Å². The SMILES string of the molecule is COc1cc(CN2CCCCC2C(C)O)ccc1OC(C)C. The molecule has 0 aliphatic carbocycles. The summed E-state index contributed by atoms with van der Waals surface area (Å²) in [6.45, 7) is 7.79. The molecule has 4 heteroatoms. The minimum absolute atomic E-state index is 0.126. The third-order valence-electron chi connectivity index (χ3n) is 4.20. The molecule has 4 nitrogen and oxygen atoms in total. The van der Waals surface area contributed by atoms with Crippen LogP contribution < -0.4 is 9.47 Å². The first kappa shape index (κ1) is 17.1. The maximum atomic E-state index is 9.98. The van der Waals surface area contributed by atoms with Crippen molar-refractivity contribution >= 4 is 0 Å². The molecule has 1 aliphatic heterocycles. The monoisotopic (exact) mass is 307 g/mol. The number of hydrogen-bond acceptors (Lipinski definition) is 4. The highest BCUT2D eigenvalue weighted by atomic mass is 16.5. The highest BCUT2D eigenvalue weighted by Gasteiger charge is 2.26. The zero-order chi connectivity index (χ0) is 16.1. The normalized spacial score (nSPS) is 20.9. The van der Waals surface area contributed by atoms with Gasteiger partial charge >= 0.3 is 0 Å². The number of benzene rings is 1. The average molecular weight is 307 g/mol. The smallest absolute Gasteiger partial charge is 0.161 e. The molecule has 0 radical (unpaired) electrons. The highest BCUT2D eigenvalue weighted by molar-refractivity contribution is 5.43. The van der Waals surface area contributed by atoms with E-state index in [1.807, 2.05) is 32.9 Å². The van der Waals surface area contributed by atoms with Gasteiger partial charge in [-0.3, -0.25) is 4.90 Å². The van der Waals surface area contributed by atoms with Gasteiger partial charge in [-0.2, -0.15) is 0 Å². The molecule has 0 saturated carbocycles. The van der Waals surface area contributed by atoms with Crippen molar-refractivity contribution in [1.29, 1.82) is 0 Å². The fraction of sp³-hybridized carbons (Fsp3) is 0.667. The number of nitrogens with zero attached hydrogens (tertiary/aromatic N) is 1. The van der Waals surface area contributed by atoms with Crippen LogP contribution in [-0.4, -0.2) is 41.9 Å². The van der Waals surface area contributed by atoms with Crippen LogP contribution in [0.4, 0.5) is 0 Å². The van der Waals surface area contributed by atoms with E-state index in [-0.39, 0.29) is 18.2 Å². The lowest BCUT2D eigenvalue weighted by Crippen LogP contribution is -2.45. The van der Waals surface area contributed by atoms with Crippen LogP contribution in [0.1, 0.15) is 45.6 Å². The van der Waals surface area contributed by atoms with Crippen molar-refractivity contribution in [3.05, 3.63) is 23.8 Å². The van der Waals surface area contributed by atoms with E-state index < -0.39 is 0 Å². The average Bonchev–Trinajstić information content (AvgIpc) is 2.48. The molecule has 1 fully saturated rings. The van der Waals surface area contributed by atoms with Gasteiger partial charge in [-0.05, 0) is 57.9 Å². The van der Waals surface area contributed by atoms with E-state index in [2.05, 4.69) is 11.0 Å². The Hall–Kier alpha value is -1.26.